The molecule has 3 nitrogen and oxygen atoms in total. The van der Waals surface area contributed by atoms with Crippen LogP contribution in [0.4, 0.5) is 0 Å². The first-order chi connectivity index (χ1) is 5.61. The monoisotopic (exact) mass is 171 g/mol. The molecular weight excluding hydrogens is 154 g/mol. The standard InChI is InChI=1S/C9H17NO2/c1-6(8-4-3-5-8)10-7(2)9(11)12/h6-8,10H,3-5H2,1-2H3,(H,11,12). The molecule has 2 atom stereocenters. The largest absolute Gasteiger partial charge is 0.480 e. The first-order valence-corrected chi connectivity index (χ1v) is 4.60. The van der Waals surface area contributed by atoms with Crippen LogP contribution in [0.3, 0.4) is 0 Å². The summed E-state index contributed by atoms with van der Waals surface area (Å²) in [7, 11) is 0. The Morgan fingerprint density at radius 3 is 2.42 bits per heavy atom. The van der Waals surface area contributed by atoms with Gasteiger partial charge in [-0.2, -0.15) is 0 Å². The summed E-state index contributed by atoms with van der Waals surface area (Å²) >= 11 is 0. The third-order valence-electron chi connectivity index (χ3n) is 2.74. The van der Waals surface area contributed by atoms with Crippen molar-refractivity contribution in [3.63, 3.8) is 0 Å². The summed E-state index contributed by atoms with van der Waals surface area (Å²) in [5.41, 5.74) is 0. The summed E-state index contributed by atoms with van der Waals surface area (Å²) in [6.07, 6.45) is 3.80. The van der Waals surface area contributed by atoms with Gasteiger partial charge in [-0.3, -0.25) is 4.79 Å². The average molecular weight is 171 g/mol. The Morgan fingerprint density at radius 1 is 1.50 bits per heavy atom. The molecule has 0 aliphatic heterocycles. The lowest BCUT2D eigenvalue weighted by molar-refractivity contribution is -0.139. The molecule has 0 radical (unpaired) electrons. The van der Waals surface area contributed by atoms with Crippen molar-refractivity contribution >= 4 is 5.97 Å². The third-order valence-corrected chi connectivity index (χ3v) is 2.74. The molecule has 0 bridgehead atoms. The number of carboxylic acids is 1. The van der Waals surface area contributed by atoms with Gasteiger partial charge in [0.05, 0.1) is 0 Å². The van der Waals surface area contributed by atoms with Crippen LogP contribution in [0.2, 0.25) is 0 Å². The molecule has 0 aromatic carbocycles. The summed E-state index contributed by atoms with van der Waals surface area (Å²) in [6, 6.07) is -0.0644. The molecule has 0 aromatic rings. The van der Waals surface area contributed by atoms with Gasteiger partial charge in [0.25, 0.3) is 0 Å². The molecule has 0 heterocycles. The van der Waals surface area contributed by atoms with E-state index >= 15 is 0 Å². The Hall–Kier alpha value is -0.570. The maximum absolute atomic E-state index is 10.5. The van der Waals surface area contributed by atoms with Crippen LogP contribution in [0.15, 0.2) is 0 Å². The molecule has 0 saturated heterocycles. The number of nitrogens with one attached hydrogen (secondary N) is 1. The van der Waals surface area contributed by atoms with Crippen molar-refractivity contribution in [2.24, 2.45) is 5.92 Å². The second kappa shape index (κ2) is 3.90. The number of rotatable bonds is 4. The molecule has 1 saturated carbocycles. The zero-order chi connectivity index (χ0) is 9.14. The Kier molecular flexibility index (Phi) is 3.09. The van der Waals surface area contributed by atoms with Crippen molar-refractivity contribution in [2.75, 3.05) is 0 Å². The van der Waals surface area contributed by atoms with Gasteiger partial charge in [0.1, 0.15) is 6.04 Å². The molecule has 3 heteroatoms. The van der Waals surface area contributed by atoms with Crippen molar-refractivity contribution in [3.8, 4) is 0 Å². The van der Waals surface area contributed by atoms with E-state index in [9.17, 15) is 4.79 Å². The molecule has 70 valence electrons. The van der Waals surface area contributed by atoms with Gasteiger partial charge in [0.2, 0.25) is 0 Å². The molecule has 2 N–H and O–H groups in total. The Morgan fingerprint density at radius 2 is 2.08 bits per heavy atom. The van der Waals surface area contributed by atoms with E-state index in [2.05, 4.69) is 12.2 Å². The Bertz CT molecular complexity index is 166. The van der Waals surface area contributed by atoms with E-state index in [4.69, 9.17) is 5.11 Å². The number of carboxylic acid groups (broad SMARTS) is 1. The zero-order valence-electron chi connectivity index (χ0n) is 7.71. The Balaban J connectivity index is 2.24. The predicted octanol–water partition coefficient (Wildman–Crippen LogP) is 1.24. The van der Waals surface area contributed by atoms with Gasteiger partial charge in [-0.05, 0) is 32.6 Å². The van der Waals surface area contributed by atoms with Gasteiger partial charge in [-0.1, -0.05) is 6.42 Å². The van der Waals surface area contributed by atoms with Crippen LogP contribution in [0.1, 0.15) is 33.1 Å². The maximum Gasteiger partial charge on any atom is 0.320 e. The highest BCUT2D eigenvalue weighted by atomic mass is 16.4. The van der Waals surface area contributed by atoms with Crippen molar-refractivity contribution in [3.05, 3.63) is 0 Å². The molecule has 0 spiro atoms. The van der Waals surface area contributed by atoms with Crippen LogP contribution in [-0.4, -0.2) is 23.2 Å². The molecule has 1 rings (SSSR count). The van der Waals surface area contributed by atoms with Crippen LogP contribution in [0.25, 0.3) is 0 Å². The number of hydrogen-bond donors (Lipinski definition) is 2. The summed E-state index contributed by atoms with van der Waals surface area (Å²) in [5.74, 6) is -0.0621. The second-order valence-corrected chi connectivity index (χ2v) is 3.71. The maximum atomic E-state index is 10.5. The van der Waals surface area contributed by atoms with Crippen molar-refractivity contribution in [1.29, 1.82) is 0 Å². The van der Waals surface area contributed by atoms with E-state index in [1.54, 1.807) is 6.92 Å². The molecular formula is C9H17NO2. The quantitative estimate of drug-likeness (QED) is 0.669. The minimum atomic E-state index is -0.763. The molecule has 0 amide bonds. The fourth-order valence-electron chi connectivity index (χ4n) is 1.54. The minimum Gasteiger partial charge on any atom is -0.480 e. The van der Waals surface area contributed by atoms with Crippen LogP contribution >= 0.6 is 0 Å². The van der Waals surface area contributed by atoms with Gasteiger partial charge >= 0.3 is 5.97 Å². The fraction of sp³-hybridized carbons (Fsp3) is 0.889. The van der Waals surface area contributed by atoms with E-state index in [-0.39, 0.29) is 0 Å². The SMILES string of the molecule is CC(NC(C)C1CCC1)C(=O)O. The fourth-order valence-corrected chi connectivity index (χ4v) is 1.54. The zero-order valence-corrected chi connectivity index (χ0v) is 7.71. The van der Waals surface area contributed by atoms with Crippen LogP contribution in [0, 0.1) is 5.92 Å². The number of aliphatic carboxylic acids is 1. The van der Waals surface area contributed by atoms with Crippen LogP contribution in [-0.2, 0) is 4.79 Å². The lowest BCUT2D eigenvalue weighted by Gasteiger charge is -2.33. The summed E-state index contributed by atoms with van der Waals surface area (Å²) < 4.78 is 0. The lowest BCUT2D eigenvalue weighted by Crippen LogP contribution is -2.45. The molecule has 2 unspecified atom stereocenters. The Labute approximate surface area is 73.2 Å². The van der Waals surface area contributed by atoms with E-state index in [0.29, 0.717) is 12.0 Å². The summed E-state index contributed by atoms with van der Waals surface area (Å²) in [4.78, 5) is 10.5. The van der Waals surface area contributed by atoms with Gasteiger partial charge in [-0.25, -0.2) is 0 Å². The molecule has 12 heavy (non-hydrogen) atoms. The van der Waals surface area contributed by atoms with Crippen molar-refractivity contribution in [1.82, 2.24) is 5.32 Å². The smallest absolute Gasteiger partial charge is 0.320 e. The van der Waals surface area contributed by atoms with Crippen molar-refractivity contribution in [2.45, 2.75) is 45.2 Å². The average Bonchev–Trinajstić information content (AvgIpc) is 1.82. The highest BCUT2D eigenvalue weighted by Gasteiger charge is 2.25. The lowest BCUT2D eigenvalue weighted by atomic mass is 9.80. The first kappa shape index (κ1) is 9.52. The highest BCUT2D eigenvalue weighted by Crippen LogP contribution is 2.29. The van der Waals surface area contributed by atoms with Gasteiger partial charge in [-0.15, -0.1) is 0 Å². The first-order valence-electron chi connectivity index (χ1n) is 4.60. The summed E-state index contributed by atoms with van der Waals surface area (Å²) in [6.45, 7) is 3.76. The normalized spacial score (nSPS) is 22.8. The van der Waals surface area contributed by atoms with Gasteiger partial charge in [0, 0.05) is 6.04 Å². The summed E-state index contributed by atoms with van der Waals surface area (Å²) in [5, 5.41) is 11.7. The van der Waals surface area contributed by atoms with Gasteiger partial charge in [0.15, 0.2) is 0 Å². The molecule has 1 fully saturated rings. The van der Waals surface area contributed by atoms with Crippen LogP contribution < -0.4 is 5.32 Å². The topological polar surface area (TPSA) is 49.3 Å². The number of carbonyl (C=O) groups is 1. The van der Waals surface area contributed by atoms with Crippen LogP contribution in [0.5, 0.6) is 0 Å². The second-order valence-electron chi connectivity index (χ2n) is 3.71. The molecule has 0 aromatic heterocycles. The molecule has 1 aliphatic carbocycles. The van der Waals surface area contributed by atoms with E-state index in [1.807, 2.05) is 0 Å². The highest BCUT2D eigenvalue weighted by molar-refractivity contribution is 5.72. The molecule has 1 aliphatic rings. The third kappa shape index (κ3) is 2.21. The minimum absolute atomic E-state index is 0.352. The van der Waals surface area contributed by atoms with E-state index < -0.39 is 12.0 Å². The number of hydrogen-bond acceptors (Lipinski definition) is 2. The van der Waals surface area contributed by atoms with Crippen molar-refractivity contribution < 1.29 is 9.90 Å². The van der Waals surface area contributed by atoms with Gasteiger partial charge < -0.3 is 10.4 Å². The van der Waals surface area contributed by atoms with E-state index in [1.165, 1.54) is 19.3 Å². The van der Waals surface area contributed by atoms with E-state index in [0.717, 1.165) is 0 Å². The predicted molar refractivity (Wildman–Crippen MR) is 47.0 cm³/mol.